The second-order valence-corrected chi connectivity index (χ2v) is 8.66. The molecule has 1 aliphatic heterocycles. The van der Waals surface area contributed by atoms with Gasteiger partial charge in [0.2, 0.25) is 11.0 Å². The van der Waals surface area contributed by atoms with Crippen LogP contribution in [0.15, 0.2) is 30.3 Å². The summed E-state index contributed by atoms with van der Waals surface area (Å²) in [5.74, 6) is 1.47. The summed E-state index contributed by atoms with van der Waals surface area (Å²) < 4.78 is 5.16. The number of piperazine rings is 1. The van der Waals surface area contributed by atoms with Gasteiger partial charge in [0, 0.05) is 38.2 Å². The number of hydrogen-bond acceptors (Lipinski definition) is 6. The van der Waals surface area contributed by atoms with E-state index in [9.17, 15) is 4.79 Å². The molecule has 2 heterocycles. The SMILES string of the molecule is COc1ccc(/C=C/C(=O)N2CCN(c3nnc(C4CCCCC4)s3)CC2)cc1. The van der Waals surface area contributed by atoms with Gasteiger partial charge in [-0.25, -0.2) is 0 Å². The zero-order chi connectivity index (χ0) is 20.1. The third-order valence-electron chi connectivity index (χ3n) is 5.78. The van der Waals surface area contributed by atoms with Crippen LogP contribution in [-0.4, -0.2) is 54.3 Å². The number of carbonyl (C=O) groups excluding carboxylic acids is 1. The number of ether oxygens (including phenoxy) is 1. The average Bonchev–Trinajstić information content (AvgIpc) is 3.29. The van der Waals surface area contributed by atoms with Gasteiger partial charge >= 0.3 is 0 Å². The monoisotopic (exact) mass is 412 g/mol. The van der Waals surface area contributed by atoms with Gasteiger partial charge in [-0.3, -0.25) is 4.79 Å². The zero-order valence-electron chi connectivity index (χ0n) is 16.9. The molecule has 154 valence electrons. The predicted molar refractivity (Wildman–Crippen MR) is 117 cm³/mol. The van der Waals surface area contributed by atoms with E-state index in [4.69, 9.17) is 4.74 Å². The molecule has 0 N–H and O–H groups in total. The molecule has 1 aromatic carbocycles. The molecular formula is C22H28N4O2S. The fourth-order valence-corrected chi connectivity index (χ4v) is 5.04. The predicted octanol–water partition coefficient (Wildman–Crippen LogP) is 3.96. The number of rotatable bonds is 5. The van der Waals surface area contributed by atoms with Crippen LogP contribution in [0.1, 0.15) is 48.6 Å². The van der Waals surface area contributed by atoms with Crippen molar-refractivity contribution in [2.45, 2.75) is 38.0 Å². The van der Waals surface area contributed by atoms with Crippen LogP contribution in [0.4, 0.5) is 5.13 Å². The summed E-state index contributed by atoms with van der Waals surface area (Å²) in [7, 11) is 1.65. The molecule has 2 aliphatic rings. The number of hydrogen-bond donors (Lipinski definition) is 0. The Bertz CT molecular complexity index is 835. The number of aromatic nitrogens is 2. The van der Waals surface area contributed by atoms with E-state index in [-0.39, 0.29) is 5.91 Å². The van der Waals surface area contributed by atoms with E-state index in [1.807, 2.05) is 35.2 Å². The Balaban J connectivity index is 1.29. The maximum Gasteiger partial charge on any atom is 0.246 e. The van der Waals surface area contributed by atoms with E-state index in [0.717, 1.165) is 29.5 Å². The van der Waals surface area contributed by atoms with Crippen LogP contribution < -0.4 is 9.64 Å². The van der Waals surface area contributed by atoms with E-state index < -0.39 is 0 Å². The maximum absolute atomic E-state index is 12.5. The summed E-state index contributed by atoms with van der Waals surface area (Å²) >= 11 is 1.74. The van der Waals surface area contributed by atoms with Gasteiger partial charge in [0.1, 0.15) is 10.8 Å². The molecule has 1 saturated carbocycles. The number of carbonyl (C=O) groups is 1. The number of methoxy groups -OCH3 is 1. The van der Waals surface area contributed by atoms with Gasteiger partial charge in [-0.1, -0.05) is 42.7 Å². The lowest BCUT2D eigenvalue weighted by molar-refractivity contribution is -0.126. The van der Waals surface area contributed by atoms with Crippen LogP contribution in [-0.2, 0) is 4.79 Å². The van der Waals surface area contributed by atoms with Gasteiger partial charge < -0.3 is 14.5 Å². The van der Waals surface area contributed by atoms with Crippen LogP contribution in [0.3, 0.4) is 0 Å². The fraction of sp³-hybridized carbons (Fsp3) is 0.500. The normalized spacial score (nSPS) is 18.4. The summed E-state index contributed by atoms with van der Waals surface area (Å²) in [6.45, 7) is 3.04. The molecule has 1 amide bonds. The van der Waals surface area contributed by atoms with Gasteiger partial charge in [-0.05, 0) is 36.6 Å². The highest BCUT2D eigenvalue weighted by Gasteiger charge is 2.24. The second-order valence-electron chi connectivity index (χ2n) is 7.68. The van der Waals surface area contributed by atoms with Crippen molar-refractivity contribution in [3.63, 3.8) is 0 Å². The molecule has 7 heteroatoms. The van der Waals surface area contributed by atoms with Crippen LogP contribution >= 0.6 is 11.3 Å². The second kappa shape index (κ2) is 9.39. The summed E-state index contributed by atoms with van der Waals surface area (Å²) in [5.41, 5.74) is 0.988. The third-order valence-corrected chi connectivity index (χ3v) is 6.93. The number of amides is 1. The minimum atomic E-state index is 0.0561. The van der Waals surface area contributed by atoms with Crippen molar-refractivity contribution in [2.75, 3.05) is 38.2 Å². The molecule has 1 aromatic heterocycles. The highest BCUT2D eigenvalue weighted by atomic mass is 32.1. The van der Waals surface area contributed by atoms with Gasteiger partial charge in [0.25, 0.3) is 0 Å². The fourth-order valence-electron chi connectivity index (χ4n) is 3.97. The van der Waals surface area contributed by atoms with Gasteiger partial charge in [-0.2, -0.15) is 0 Å². The molecule has 2 fully saturated rings. The molecule has 1 saturated heterocycles. The molecular weight excluding hydrogens is 384 g/mol. The highest BCUT2D eigenvalue weighted by Crippen LogP contribution is 2.36. The zero-order valence-corrected chi connectivity index (χ0v) is 17.7. The first-order valence-corrected chi connectivity index (χ1v) is 11.2. The Hall–Kier alpha value is -2.41. The van der Waals surface area contributed by atoms with Crippen LogP contribution in [0.2, 0.25) is 0 Å². The van der Waals surface area contributed by atoms with Crippen LogP contribution in [0.5, 0.6) is 5.75 Å². The largest absolute Gasteiger partial charge is 0.497 e. The summed E-state index contributed by atoms with van der Waals surface area (Å²) in [6, 6.07) is 7.68. The Morgan fingerprint density at radius 2 is 1.79 bits per heavy atom. The van der Waals surface area contributed by atoms with Crippen molar-refractivity contribution >= 4 is 28.5 Å². The molecule has 0 spiro atoms. The smallest absolute Gasteiger partial charge is 0.246 e. The first kappa shape index (κ1) is 19.9. The molecule has 0 radical (unpaired) electrons. The van der Waals surface area contributed by atoms with E-state index in [2.05, 4.69) is 15.1 Å². The van der Waals surface area contributed by atoms with Gasteiger partial charge in [0.05, 0.1) is 7.11 Å². The molecule has 4 rings (SSSR count). The molecule has 1 aliphatic carbocycles. The number of benzene rings is 1. The van der Waals surface area contributed by atoms with Gasteiger partial charge in [0.15, 0.2) is 0 Å². The third kappa shape index (κ3) is 4.96. The Morgan fingerprint density at radius 3 is 2.48 bits per heavy atom. The molecule has 0 atom stereocenters. The summed E-state index contributed by atoms with van der Waals surface area (Å²) in [5, 5.41) is 11.1. The molecule has 29 heavy (non-hydrogen) atoms. The van der Waals surface area contributed by atoms with E-state index in [1.165, 1.54) is 37.1 Å². The Kier molecular flexibility index (Phi) is 6.44. The summed E-state index contributed by atoms with van der Waals surface area (Å²) in [6.07, 6.45) is 9.98. The van der Waals surface area contributed by atoms with Crippen LogP contribution in [0.25, 0.3) is 6.08 Å². The van der Waals surface area contributed by atoms with Crippen LogP contribution in [0, 0.1) is 0 Å². The Morgan fingerprint density at radius 1 is 1.07 bits per heavy atom. The minimum Gasteiger partial charge on any atom is -0.497 e. The Labute approximate surface area is 176 Å². The molecule has 6 nitrogen and oxygen atoms in total. The number of nitrogens with zero attached hydrogens (tertiary/aromatic N) is 4. The maximum atomic E-state index is 12.5. The van der Waals surface area contributed by atoms with Crippen molar-refractivity contribution in [3.8, 4) is 5.75 Å². The molecule has 0 bridgehead atoms. The standard InChI is InChI=1S/C22H28N4O2S/c1-28-19-10-7-17(8-11-19)9-12-20(27)25-13-15-26(16-14-25)22-24-23-21(29-22)18-5-3-2-4-6-18/h7-12,18H,2-6,13-16H2,1H3/b12-9+. The average molecular weight is 413 g/mol. The quantitative estimate of drug-likeness (QED) is 0.696. The minimum absolute atomic E-state index is 0.0561. The van der Waals surface area contributed by atoms with E-state index >= 15 is 0 Å². The van der Waals surface area contributed by atoms with E-state index in [1.54, 1.807) is 24.5 Å². The number of anilines is 1. The van der Waals surface area contributed by atoms with Crippen molar-refractivity contribution in [1.82, 2.24) is 15.1 Å². The first-order valence-electron chi connectivity index (χ1n) is 10.4. The lowest BCUT2D eigenvalue weighted by Gasteiger charge is -2.33. The van der Waals surface area contributed by atoms with Crippen molar-refractivity contribution < 1.29 is 9.53 Å². The van der Waals surface area contributed by atoms with Crippen molar-refractivity contribution in [3.05, 3.63) is 40.9 Å². The highest BCUT2D eigenvalue weighted by molar-refractivity contribution is 7.15. The lowest BCUT2D eigenvalue weighted by Crippen LogP contribution is -2.48. The molecule has 0 unspecified atom stereocenters. The summed E-state index contributed by atoms with van der Waals surface area (Å²) in [4.78, 5) is 16.7. The van der Waals surface area contributed by atoms with Crippen molar-refractivity contribution in [1.29, 1.82) is 0 Å². The topological polar surface area (TPSA) is 58.6 Å². The van der Waals surface area contributed by atoms with E-state index in [0.29, 0.717) is 19.0 Å². The first-order chi connectivity index (χ1) is 14.2. The van der Waals surface area contributed by atoms with Crippen molar-refractivity contribution in [2.24, 2.45) is 0 Å². The molecule has 2 aromatic rings. The van der Waals surface area contributed by atoms with Gasteiger partial charge in [-0.15, -0.1) is 10.2 Å². The lowest BCUT2D eigenvalue weighted by atomic mass is 9.90.